The van der Waals surface area contributed by atoms with Gasteiger partial charge in [-0.1, -0.05) is 77.6 Å². The number of carboxylic acid groups (broad SMARTS) is 1. The number of hydrogen-bond donors (Lipinski definition) is 2. The van der Waals surface area contributed by atoms with E-state index in [1.165, 1.54) is 77.0 Å². The first-order valence-corrected chi connectivity index (χ1v) is 13.4. The number of carboxylic acids is 1. The van der Waals surface area contributed by atoms with Crippen molar-refractivity contribution in [1.29, 1.82) is 0 Å². The predicted octanol–water partition coefficient (Wildman–Crippen LogP) is 5.48. The molecule has 0 unspecified atom stereocenters. The lowest BCUT2D eigenvalue weighted by molar-refractivity contribution is -0.883. The van der Waals surface area contributed by atoms with E-state index in [2.05, 4.69) is 12.2 Å². The fraction of sp³-hybridized carbons (Fsp3) is 0.917. The van der Waals surface area contributed by atoms with E-state index in [4.69, 9.17) is 5.11 Å². The van der Waals surface area contributed by atoms with Crippen LogP contribution in [0.25, 0.3) is 0 Å². The van der Waals surface area contributed by atoms with E-state index in [-0.39, 0.29) is 12.5 Å². The minimum absolute atomic E-state index is 0.112. The number of likely N-dealkylation sites (N-methyl/N-ethyl adjacent to an activating group) is 1. The smallest absolute Gasteiger partial charge is 0.359 e. The zero-order chi connectivity index (χ0) is 22.5. The van der Waals surface area contributed by atoms with Crippen molar-refractivity contribution in [3.8, 4) is 0 Å². The van der Waals surface area contributed by atoms with Crippen LogP contribution in [0, 0.1) is 0 Å². The average molecular weight is 446 g/mol. The van der Waals surface area contributed by atoms with Gasteiger partial charge in [0.1, 0.15) is 0 Å². The highest BCUT2D eigenvalue weighted by molar-refractivity contribution is 7.99. The Morgan fingerprint density at radius 1 is 0.800 bits per heavy atom. The summed E-state index contributed by atoms with van der Waals surface area (Å²) in [5.41, 5.74) is 0. The molecule has 0 spiro atoms. The zero-order valence-electron chi connectivity index (χ0n) is 20.1. The van der Waals surface area contributed by atoms with Gasteiger partial charge in [0.25, 0.3) is 0 Å². The summed E-state index contributed by atoms with van der Waals surface area (Å²) < 4.78 is 0.445. The normalized spacial score (nSPS) is 11.6. The monoisotopic (exact) mass is 445 g/mol. The summed E-state index contributed by atoms with van der Waals surface area (Å²) in [5.74, 6) is 1.38. The van der Waals surface area contributed by atoms with Gasteiger partial charge >= 0.3 is 5.97 Å². The molecule has 2 N–H and O–H groups in total. The fourth-order valence-electron chi connectivity index (χ4n) is 3.58. The summed E-state index contributed by atoms with van der Waals surface area (Å²) >= 11 is 1.88. The highest BCUT2D eigenvalue weighted by Crippen LogP contribution is 2.13. The molecule has 0 aromatic rings. The lowest BCUT2D eigenvalue weighted by Crippen LogP contribution is -2.45. The van der Waals surface area contributed by atoms with Crippen molar-refractivity contribution in [2.75, 3.05) is 45.2 Å². The number of rotatable bonds is 22. The van der Waals surface area contributed by atoms with Crippen molar-refractivity contribution in [1.82, 2.24) is 5.32 Å². The first-order valence-electron chi connectivity index (χ1n) is 12.3. The zero-order valence-corrected chi connectivity index (χ0v) is 20.9. The van der Waals surface area contributed by atoms with Crippen molar-refractivity contribution in [2.24, 2.45) is 0 Å². The highest BCUT2D eigenvalue weighted by atomic mass is 32.2. The number of carbonyl (C=O) groups excluding carboxylic acids is 1. The Hall–Kier alpha value is -0.750. The number of quaternary nitrogens is 1. The van der Waals surface area contributed by atoms with Crippen LogP contribution < -0.4 is 5.32 Å². The Morgan fingerprint density at radius 3 is 1.87 bits per heavy atom. The second-order valence-electron chi connectivity index (χ2n) is 9.17. The van der Waals surface area contributed by atoms with E-state index >= 15 is 0 Å². The van der Waals surface area contributed by atoms with Gasteiger partial charge in [-0.05, 0) is 12.2 Å². The van der Waals surface area contributed by atoms with Gasteiger partial charge in [-0.25, -0.2) is 4.79 Å². The second kappa shape index (κ2) is 20.2. The molecule has 0 heterocycles. The van der Waals surface area contributed by atoms with Gasteiger partial charge in [0.15, 0.2) is 6.54 Å². The largest absolute Gasteiger partial charge is 0.477 e. The van der Waals surface area contributed by atoms with Crippen molar-refractivity contribution in [2.45, 2.75) is 96.8 Å². The van der Waals surface area contributed by atoms with Gasteiger partial charge < -0.3 is 14.9 Å². The van der Waals surface area contributed by atoms with E-state index < -0.39 is 5.97 Å². The minimum atomic E-state index is -0.783. The summed E-state index contributed by atoms with van der Waals surface area (Å²) in [7, 11) is 3.81. The third kappa shape index (κ3) is 21.9. The van der Waals surface area contributed by atoms with Gasteiger partial charge in [-0.15, -0.1) is 0 Å². The lowest BCUT2D eigenvalue weighted by Gasteiger charge is -2.27. The summed E-state index contributed by atoms with van der Waals surface area (Å²) in [6.07, 6.45) is 17.9. The van der Waals surface area contributed by atoms with Crippen LogP contribution in [0.4, 0.5) is 0 Å². The molecule has 0 radical (unpaired) electrons. The molecule has 0 aliphatic rings. The number of amides is 1. The second-order valence-corrected chi connectivity index (χ2v) is 10.4. The Balaban J connectivity index is 3.31. The molecule has 6 heteroatoms. The number of thioether (sulfide) groups is 1. The molecule has 0 fully saturated rings. The van der Waals surface area contributed by atoms with Gasteiger partial charge in [0.05, 0.1) is 20.6 Å². The maximum absolute atomic E-state index is 11.9. The summed E-state index contributed by atoms with van der Waals surface area (Å²) in [6, 6.07) is 0. The van der Waals surface area contributed by atoms with Crippen molar-refractivity contribution < 1.29 is 19.2 Å². The summed E-state index contributed by atoms with van der Waals surface area (Å²) in [5, 5.41) is 11.8. The number of carbonyl (C=O) groups is 2. The topological polar surface area (TPSA) is 66.4 Å². The Kier molecular flexibility index (Phi) is 19.7. The molecule has 0 bridgehead atoms. The number of aliphatic carboxylic acids is 1. The van der Waals surface area contributed by atoms with Crippen LogP contribution in [0.15, 0.2) is 0 Å². The van der Waals surface area contributed by atoms with Crippen LogP contribution in [0.2, 0.25) is 0 Å². The van der Waals surface area contributed by atoms with E-state index in [0.29, 0.717) is 17.4 Å². The highest BCUT2D eigenvalue weighted by Gasteiger charge is 2.18. The molecule has 0 aromatic carbocycles. The first kappa shape index (κ1) is 29.2. The van der Waals surface area contributed by atoms with Crippen LogP contribution in [-0.4, -0.2) is 66.7 Å². The van der Waals surface area contributed by atoms with E-state index in [1.54, 1.807) is 0 Å². The Bertz CT molecular complexity index is 431. The minimum Gasteiger partial charge on any atom is -0.477 e. The maximum atomic E-state index is 11.9. The van der Waals surface area contributed by atoms with Crippen molar-refractivity contribution >= 4 is 23.6 Å². The van der Waals surface area contributed by atoms with Crippen LogP contribution in [0.3, 0.4) is 0 Å². The Labute approximate surface area is 190 Å². The van der Waals surface area contributed by atoms with Gasteiger partial charge in [-0.3, -0.25) is 4.79 Å². The SMILES string of the molecule is CCCCCCCCCCCCCCSCCC(=O)NCCC[N+](C)(C)CC(=O)O. The molecule has 178 valence electrons. The third-order valence-corrected chi connectivity index (χ3v) is 6.51. The van der Waals surface area contributed by atoms with Crippen LogP contribution >= 0.6 is 11.8 Å². The van der Waals surface area contributed by atoms with Crippen LogP contribution in [0.5, 0.6) is 0 Å². The Morgan fingerprint density at radius 2 is 1.33 bits per heavy atom. The lowest BCUT2D eigenvalue weighted by atomic mass is 10.1. The molecule has 0 saturated carbocycles. The molecule has 0 aliphatic carbocycles. The van der Waals surface area contributed by atoms with Crippen molar-refractivity contribution in [3.63, 3.8) is 0 Å². The molecule has 0 rings (SSSR count). The van der Waals surface area contributed by atoms with E-state index in [1.807, 2.05) is 25.9 Å². The van der Waals surface area contributed by atoms with Gasteiger partial charge in [-0.2, -0.15) is 11.8 Å². The molecular weight excluding hydrogens is 396 g/mol. The summed E-state index contributed by atoms with van der Waals surface area (Å²) in [6.45, 7) is 3.76. The molecular formula is C24H49N2O3S+. The van der Waals surface area contributed by atoms with Crippen LogP contribution in [-0.2, 0) is 9.59 Å². The third-order valence-electron chi connectivity index (χ3n) is 5.44. The summed E-state index contributed by atoms with van der Waals surface area (Å²) in [4.78, 5) is 22.6. The predicted molar refractivity (Wildman–Crippen MR) is 130 cm³/mol. The number of unbranched alkanes of at least 4 members (excludes halogenated alkanes) is 11. The van der Waals surface area contributed by atoms with E-state index in [0.717, 1.165) is 24.5 Å². The molecule has 0 atom stereocenters. The number of hydrogen-bond acceptors (Lipinski definition) is 3. The molecule has 1 amide bonds. The standard InChI is InChI=1S/C24H48N2O3S/c1-4-5-6-7-8-9-10-11-12-13-14-15-20-30-21-17-23(27)25-18-16-19-26(2,3)22-24(28)29/h4-22H2,1-3H3,(H-,25,27,28,29)/p+1. The maximum Gasteiger partial charge on any atom is 0.359 e. The quantitative estimate of drug-likeness (QED) is 0.171. The van der Waals surface area contributed by atoms with Crippen LogP contribution in [0.1, 0.15) is 96.8 Å². The number of nitrogens with zero attached hydrogens (tertiary/aromatic N) is 1. The van der Waals surface area contributed by atoms with Gasteiger partial charge in [0.2, 0.25) is 5.91 Å². The number of nitrogens with one attached hydrogen (secondary N) is 1. The molecule has 0 aliphatic heterocycles. The first-order chi connectivity index (χ1) is 14.4. The fourth-order valence-corrected chi connectivity index (χ4v) is 4.52. The van der Waals surface area contributed by atoms with Crippen molar-refractivity contribution in [3.05, 3.63) is 0 Å². The molecule has 0 saturated heterocycles. The molecule has 30 heavy (non-hydrogen) atoms. The average Bonchev–Trinajstić information content (AvgIpc) is 2.67. The molecule has 0 aromatic heterocycles. The molecule has 5 nitrogen and oxygen atoms in total. The van der Waals surface area contributed by atoms with E-state index in [9.17, 15) is 9.59 Å². The van der Waals surface area contributed by atoms with Gasteiger partial charge in [0, 0.05) is 25.1 Å².